The summed E-state index contributed by atoms with van der Waals surface area (Å²) >= 11 is 0. The van der Waals surface area contributed by atoms with Crippen LogP contribution < -0.4 is 69.7 Å². The van der Waals surface area contributed by atoms with Crippen molar-refractivity contribution < 1.29 is 105 Å². The first-order valence-electron chi connectivity index (χ1n) is 23.8. The minimum atomic E-state index is -4.52. The van der Waals surface area contributed by atoms with Crippen molar-refractivity contribution in [3.63, 3.8) is 0 Å². The molecule has 0 radical (unpaired) electrons. The summed E-state index contributed by atoms with van der Waals surface area (Å²) in [4.78, 5) is 24.2. The maximum absolute atomic E-state index is 12.4. The van der Waals surface area contributed by atoms with E-state index in [9.17, 15) is 45.7 Å². The summed E-state index contributed by atoms with van der Waals surface area (Å²) in [6.45, 7) is 0. The molecule has 0 aliphatic carbocycles. The number of hydrogen-bond donors (Lipinski definition) is 4. The molecule has 0 saturated carbocycles. The number of nitrogens with one attached hydrogen (secondary N) is 2. The minimum Gasteiger partial charge on any atom is -0.744 e. The van der Waals surface area contributed by atoms with Crippen LogP contribution in [0.5, 0.6) is 11.5 Å². The van der Waals surface area contributed by atoms with E-state index in [-0.39, 0.29) is 104 Å². The Kier molecular flexibility index (Phi) is 20.7. The van der Waals surface area contributed by atoms with E-state index in [0.29, 0.717) is 67.4 Å². The second-order valence-corrected chi connectivity index (χ2v) is 19.9. The molecule has 0 aliphatic heterocycles. The molecule has 20 nitrogen and oxygen atoms in total. The molecule has 82 heavy (non-hydrogen) atoms. The van der Waals surface area contributed by atoms with E-state index in [4.69, 9.17) is 0 Å². The zero-order valence-corrected chi connectivity index (χ0v) is 49.0. The Hall–Kier alpha value is -8.52. The van der Waals surface area contributed by atoms with Gasteiger partial charge in [0.05, 0.1) is 43.9 Å². The summed E-state index contributed by atoms with van der Waals surface area (Å²) in [5, 5.41) is 62.6. The monoisotopic (exact) mass is 1150 g/mol. The van der Waals surface area contributed by atoms with Gasteiger partial charge in [-0.1, -0.05) is 48.5 Å². The van der Waals surface area contributed by atoms with Crippen LogP contribution in [0.2, 0.25) is 0 Å². The van der Waals surface area contributed by atoms with Gasteiger partial charge in [-0.25, -0.2) is 16.8 Å². The largest absolute Gasteiger partial charge is 1.00 e. The predicted molar refractivity (Wildman–Crippen MR) is 298 cm³/mol. The average Bonchev–Trinajstić information content (AvgIpc) is 3.57. The number of fused-ring (bicyclic) bond motifs is 2. The van der Waals surface area contributed by atoms with Crippen LogP contribution in [0.1, 0.15) is 20.7 Å². The number of hydrogen-bond acceptors (Lipinski definition) is 18. The molecule has 4 N–H and O–H groups in total. The number of aromatic hydroxyl groups is 2. The van der Waals surface area contributed by atoms with Crippen molar-refractivity contribution in [2.45, 2.75) is 9.79 Å². The quantitative estimate of drug-likeness (QED) is 0.0454. The Balaban J connectivity index is 0.000000230. The molecule has 0 bridgehead atoms. The van der Waals surface area contributed by atoms with E-state index >= 15 is 0 Å². The minimum absolute atomic E-state index is 0. The molecule has 0 unspecified atom stereocenters. The van der Waals surface area contributed by atoms with Gasteiger partial charge in [0.2, 0.25) is 0 Å². The van der Waals surface area contributed by atoms with Crippen molar-refractivity contribution in [1.29, 1.82) is 0 Å². The molecule has 10 rings (SSSR count). The van der Waals surface area contributed by atoms with Gasteiger partial charge in [0, 0.05) is 33.3 Å². The Morgan fingerprint density at radius 3 is 0.927 bits per heavy atom. The first-order chi connectivity index (χ1) is 38.5. The van der Waals surface area contributed by atoms with Gasteiger partial charge in [0.25, 0.3) is 11.8 Å². The second kappa shape index (κ2) is 27.8. The molecule has 0 fully saturated rings. The van der Waals surface area contributed by atoms with E-state index in [1.807, 2.05) is 12.1 Å². The number of rotatable bonds is 14. The van der Waals surface area contributed by atoms with Gasteiger partial charge in [0.15, 0.2) is 11.5 Å². The normalized spacial score (nSPS) is 11.5. The Morgan fingerprint density at radius 2 is 0.634 bits per heavy atom. The Labute approximate surface area is 513 Å². The number of carbonyl (C=O) groups excluding carboxylic acids is 2. The van der Waals surface area contributed by atoms with Crippen molar-refractivity contribution in [1.82, 2.24) is 0 Å². The molecular formula is C58H40N10Na2O10S2. The van der Waals surface area contributed by atoms with E-state index in [2.05, 4.69) is 51.5 Å². The van der Waals surface area contributed by atoms with Crippen molar-refractivity contribution in [2.24, 2.45) is 40.9 Å². The van der Waals surface area contributed by atoms with E-state index in [0.717, 1.165) is 10.8 Å². The topological polar surface area (TPSA) is 312 Å². The van der Waals surface area contributed by atoms with Crippen molar-refractivity contribution in [2.75, 3.05) is 10.6 Å². The van der Waals surface area contributed by atoms with Crippen LogP contribution in [0, 0.1) is 0 Å². The summed E-state index contributed by atoms with van der Waals surface area (Å²) in [5.74, 6) is -0.532. The SMILES string of the molecule is O=C(Nc1ccc2c(O)c(N=Nc3ccc(N=Nc4ccc(S(=O)(=O)[O-])cc4)cc3)ccc2c1)c1ccccc1.O=C(Nc1ccc2c(O)c(N=Nc3ccc(N=Nc4ccc(S(=O)(=O)[O-])cc4)cc3)ccc2c1)c1ccccc1.[Na+].[Na+]. The summed E-state index contributed by atoms with van der Waals surface area (Å²) in [5.41, 5.74) is 5.67. The number of benzene rings is 10. The van der Waals surface area contributed by atoms with E-state index in [1.165, 1.54) is 48.5 Å². The van der Waals surface area contributed by atoms with Crippen LogP contribution in [0.3, 0.4) is 0 Å². The molecule has 0 spiro atoms. The maximum Gasteiger partial charge on any atom is 1.00 e. The van der Waals surface area contributed by atoms with E-state index in [1.54, 1.807) is 158 Å². The Bertz CT molecular complexity index is 4000. The van der Waals surface area contributed by atoms with Gasteiger partial charge >= 0.3 is 59.1 Å². The van der Waals surface area contributed by atoms with Crippen LogP contribution in [-0.4, -0.2) is 48.0 Å². The number of nitrogens with zero attached hydrogens (tertiary/aromatic N) is 8. The molecule has 0 atom stereocenters. The number of anilines is 2. The fraction of sp³-hybridized carbons (Fsp3) is 0. The van der Waals surface area contributed by atoms with Crippen molar-refractivity contribution in [3.05, 3.63) is 230 Å². The fourth-order valence-corrected chi connectivity index (χ4v) is 8.43. The first-order valence-corrected chi connectivity index (χ1v) is 26.6. The smallest absolute Gasteiger partial charge is 0.744 e. The van der Waals surface area contributed by atoms with E-state index < -0.39 is 20.2 Å². The number of phenolic OH excluding ortho intramolecular Hbond substituents is 2. The van der Waals surface area contributed by atoms with Gasteiger partial charge in [0.1, 0.15) is 31.6 Å². The summed E-state index contributed by atoms with van der Waals surface area (Å²) in [7, 11) is -9.03. The molecule has 0 saturated heterocycles. The Morgan fingerprint density at radius 1 is 0.354 bits per heavy atom. The summed E-state index contributed by atoms with van der Waals surface area (Å²) in [6.07, 6.45) is 0. The van der Waals surface area contributed by atoms with Gasteiger partial charge < -0.3 is 30.0 Å². The molecule has 10 aromatic rings. The molecule has 0 heterocycles. The number of azo groups is 4. The van der Waals surface area contributed by atoms with Crippen LogP contribution in [0.4, 0.5) is 56.9 Å². The molecule has 0 aromatic heterocycles. The van der Waals surface area contributed by atoms with Crippen LogP contribution in [0.25, 0.3) is 21.5 Å². The van der Waals surface area contributed by atoms with Crippen molar-refractivity contribution in [3.8, 4) is 11.5 Å². The maximum atomic E-state index is 12.4. The zero-order chi connectivity index (χ0) is 56.2. The van der Waals surface area contributed by atoms with Gasteiger partial charge in [-0.05, 0) is 181 Å². The van der Waals surface area contributed by atoms with Gasteiger partial charge in [-0.2, -0.15) is 30.7 Å². The molecular weight excluding hydrogens is 1110 g/mol. The number of amides is 2. The number of carbonyl (C=O) groups is 2. The average molecular weight is 1150 g/mol. The molecule has 396 valence electrons. The van der Waals surface area contributed by atoms with Crippen LogP contribution >= 0.6 is 0 Å². The van der Waals surface area contributed by atoms with Gasteiger partial charge in [-0.3, -0.25) is 9.59 Å². The number of phenols is 2. The third-order valence-electron chi connectivity index (χ3n) is 11.6. The van der Waals surface area contributed by atoms with Crippen LogP contribution in [-0.2, 0) is 20.2 Å². The fourth-order valence-electron chi connectivity index (χ4n) is 7.49. The van der Waals surface area contributed by atoms with Gasteiger partial charge in [-0.15, -0.1) is 10.2 Å². The molecule has 24 heteroatoms. The first kappa shape index (κ1) is 61.1. The second-order valence-electron chi connectivity index (χ2n) is 17.1. The molecule has 10 aromatic carbocycles. The summed E-state index contributed by atoms with van der Waals surface area (Å²) < 4.78 is 66.1. The summed E-state index contributed by atoms with van der Waals surface area (Å²) in [6, 6.07) is 58.5. The predicted octanol–water partition coefficient (Wildman–Crippen LogP) is 9.07. The van der Waals surface area contributed by atoms with Crippen LogP contribution in [0.15, 0.2) is 269 Å². The van der Waals surface area contributed by atoms with Crippen molar-refractivity contribution >= 4 is 110 Å². The molecule has 2 amide bonds. The third kappa shape index (κ3) is 16.3. The third-order valence-corrected chi connectivity index (χ3v) is 13.3. The molecule has 0 aliphatic rings. The standard InChI is InChI=1S/2C29H21N5O5S.2Na/c2*35-28-26-16-13-24(30-29(36)19-4-2-1-3-5-19)18-20(26)6-17-27(28)34-33-22-9-7-21(8-10-22)31-32-23-11-14-25(15-12-23)40(37,38)39;;/h2*1-18,35H,(H,30,36)(H,37,38,39);;/q;;2*+1/p-2. The zero-order valence-electron chi connectivity index (χ0n) is 43.3.